The number of carbonyl (C=O) groups is 2. The highest BCUT2D eigenvalue weighted by atomic mass is 35.5. The summed E-state index contributed by atoms with van der Waals surface area (Å²) in [6.07, 6.45) is 1.68. The van der Waals surface area contributed by atoms with Crippen LogP contribution in [-0.4, -0.2) is 42.4 Å². The van der Waals surface area contributed by atoms with Crippen LogP contribution in [0.1, 0.15) is 23.2 Å². The van der Waals surface area contributed by atoms with Crippen LogP contribution in [0.4, 0.5) is 5.69 Å². The maximum Gasteiger partial charge on any atom is 0.251 e. The molecule has 1 aliphatic rings. The number of nitrogens with one attached hydrogen (secondary N) is 2. The molecule has 5 nitrogen and oxygen atoms in total. The van der Waals surface area contributed by atoms with Crippen molar-refractivity contribution in [3.05, 3.63) is 89.4 Å². The second-order valence-corrected chi connectivity index (χ2v) is 8.31. The summed E-state index contributed by atoms with van der Waals surface area (Å²) >= 11 is 6.22. The van der Waals surface area contributed by atoms with Crippen LogP contribution >= 0.6 is 11.6 Å². The van der Waals surface area contributed by atoms with Crippen LogP contribution in [0.2, 0.25) is 5.02 Å². The summed E-state index contributed by atoms with van der Waals surface area (Å²) in [5.41, 5.74) is 3.61. The van der Waals surface area contributed by atoms with Gasteiger partial charge < -0.3 is 15.5 Å². The van der Waals surface area contributed by atoms with Crippen LogP contribution in [0, 0.1) is 0 Å². The Morgan fingerprint density at radius 3 is 2.16 bits per heavy atom. The zero-order valence-corrected chi connectivity index (χ0v) is 18.5. The molecule has 0 aliphatic carbocycles. The SMILES string of the molecule is O=C(NCC(=O)N1CCC(Nc2ccccc2Cl)CC1)c1ccc(-c2ccccc2)cc1. The fourth-order valence-electron chi connectivity index (χ4n) is 3.89. The number of likely N-dealkylation sites (tertiary alicyclic amines) is 1. The number of halogens is 1. The van der Waals surface area contributed by atoms with E-state index < -0.39 is 0 Å². The van der Waals surface area contributed by atoms with Crippen LogP contribution in [-0.2, 0) is 4.79 Å². The van der Waals surface area contributed by atoms with Crippen molar-refractivity contribution in [1.82, 2.24) is 10.2 Å². The zero-order chi connectivity index (χ0) is 22.3. The summed E-state index contributed by atoms with van der Waals surface area (Å²) in [5.74, 6) is -0.302. The summed E-state index contributed by atoms with van der Waals surface area (Å²) in [4.78, 5) is 26.8. The molecule has 0 atom stereocenters. The number of piperidine rings is 1. The normalized spacial score (nSPS) is 14.1. The van der Waals surface area contributed by atoms with Crippen LogP contribution in [0.3, 0.4) is 0 Å². The first-order chi connectivity index (χ1) is 15.6. The van der Waals surface area contributed by atoms with Crippen molar-refractivity contribution in [3.63, 3.8) is 0 Å². The van der Waals surface area contributed by atoms with E-state index in [1.807, 2.05) is 71.6 Å². The molecular weight excluding hydrogens is 422 g/mol. The third-order valence-electron chi connectivity index (χ3n) is 5.74. The van der Waals surface area contributed by atoms with Crippen molar-refractivity contribution in [1.29, 1.82) is 0 Å². The predicted molar refractivity (Wildman–Crippen MR) is 129 cm³/mol. The lowest BCUT2D eigenvalue weighted by atomic mass is 10.0. The molecule has 0 bridgehead atoms. The molecule has 1 aliphatic heterocycles. The molecule has 4 rings (SSSR count). The number of rotatable bonds is 6. The minimum absolute atomic E-state index is 0.00186. The number of hydrogen-bond donors (Lipinski definition) is 2. The summed E-state index contributed by atoms with van der Waals surface area (Å²) in [6.45, 7) is 1.31. The molecular formula is C26H26ClN3O2. The second kappa shape index (κ2) is 10.3. The first kappa shape index (κ1) is 21.9. The molecule has 1 heterocycles. The van der Waals surface area contributed by atoms with E-state index in [0.29, 0.717) is 23.7 Å². The molecule has 6 heteroatoms. The highest BCUT2D eigenvalue weighted by molar-refractivity contribution is 6.33. The van der Waals surface area contributed by atoms with Crippen LogP contribution in [0.25, 0.3) is 11.1 Å². The number of carbonyl (C=O) groups excluding carboxylic acids is 2. The van der Waals surface area contributed by atoms with Gasteiger partial charge in [-0.2, -0.15) is 0 Å². The van der Waals surface area contributed by atoms with Crippen LogP contribution < -0.4 is 10.6 Å². The van der Waals surface area contributed by atoms with Gasteiger partial charge in [-0.3, -0.25) is 9.59 Å². The Kier molecular flexibility index (Phi) is 7.07. The standard InChI is InChI=1S/C26H26ClN3O2/c27-23-8-4-5-9-24(23)29-22-14-16-30(17-15-22)25(31)18-28-26(32)21-12-10-20(11-13-21)19-6-2-1-3-7-19/h1-13,22,29H,14-18H2,(H,28,32). The summed E-state index contributed by atoms with van der Waals surface area (Å²) in [6, 6.07) is 25.4. The molecule has 0 unspecified atom stereocenters. The Bertz CT molecular complexity index is 1060. The van der Waals surface area contributed by atoms with Gasteiger partial charge in [-0.05, 0) is 48.2 Å². The summed E-state index contributed by atoms with van der Waals surface area (Å²) < 4.78 is 0. The van der Waals surface area contributed by atoms with E-state index >= 15 is 0 Å². The quantitative estimate of drug-likeness (QED) is 0.568. The first-order valence-corrected chi connectivity index (χ1v) is 11.2. The summed E-state index contributed by atoms with van der Waals surface area (Å²) in [5, 5.41) is 6.91. The molecule has 0 saturated carbocycles. The van der Waals surface area contributed by atoms with Crippen LogP contribution in [0.15, 0.2) is 78.9 Å². The molecule has 1 saturated heterocycles. The lowest BCUT2D eigenvalue weighted by Crippen LogP contribution is -2.46. The number of nitrogens with zero attached hydrogens (tertiary/aromatic N) is 1. The van der Waals surface area contributed by atoms with E-state index in [-0.39, 0.29) is 24.4 Å². The van der Waals surface area contributed by atoms with Gasteiger partial charge in [-0.1, -0.05) is 66.2 Å². The number of amides is 2. The summed E-state index contributed by atoms with van der Waals surface area (Å²) in [7, 11) is 0. The fraction of sp³-hybridized carbons (Fsp3) is 0.231. The fourth-order valence-corrected chi connectivity index (χ4v) is 4.08. The maximum atomic E-state index is 12.6. The van der Waals surface area contributed by atoms with Crippen molar-refractivity contribution in [3.8, 4) is 11.1 Å². The van der Waals surface area contributed by atoms with E-state index in [9.17, 15) is 9.59 Å². The third kappa shape index (κ3) is 5.48. The predicted octanol–water partition coefficient (Wildman–Crippen LogP) is 4.84. The number of anilines is 1. The molecule has 3 aromatic rings. The van der Waals surface area contributed by atoms with Crippen molar-refractivity contribution < 1.29 is 9.59 Å². The molecule has 0 radical (unpaired) electrons. The average Bonchev–Trinajstić information content (AvgIpc) is 2.85. The largest absolute Gasteiger partial charge is 0.381 e. The van der Waals surface area contributed by atoms with Crippen molar-refractivity contribution in [2.24, 2.45) is 0 Å². The van der Waals surface area contributed by atoms with Gasteiger partial charge in [0.05, 0.1) is 17.3 Å². The Morgan fingerprint density at radius 2 is 1.47 bits per heavy atom. The molecule has 32 heavy (non-hydrogen) atoms. The molecule has 2 amide bonds. The number of hydrogen-bond acceptors (Lipinski definition) is 3. The van der Waals surface area contributed by atoms with Gasteiger partial charge in [0.2, 0.25) is 5.91 Å². The minimum Gasteiger partial charge on any atom is -0.381 e. The monoisotopic (exact) mass is 447 g/mol. The van der Waals surface area contributed by atoms with Crippen LogP contribution in [0.5, 0.6) is 0 Å². The smallest absolute Gasteiger partial charge is 0.251 e. The highest BCUT2D eigenvalue weighted by Gasteiger charge is 2.23. The van der Waals surface area contributed by atoms with E-state index in [2.05, 4.69) is 10.6 Å². The Morgan fingerprint density at radius 1 is 0.844 bits per heavy atom. The van der Waals surface area contributed by atoms with E-state index in [1.165, 1.54) is 0 Å². The Hall–Kier alpha value is -3.31. The lowest BCUT2D eigenvalue weighted by molar-refractivity contribution is -0.131. The Balaban J connectivity index is 1.23. The van der Waals surface area contributed by atoms with E-state index in [0.717, 1.165) is 29.7 Å². The van der Waals surface area contributed by atoms with Gasteiger partial charge in [0, 0.05) is 24.7 Å². The lowest BCUT2D eigenvalue weighted by Gasteiger charge is -2.33. The molecule has 1 fully saturated rings. The molecule has 2 N–H and O–H groups in total. The van der Waals surface area contributed by atoms with Gasteiger partial charge in [0.15, 0.2) is 0 Å². The average molecular weight is 448 g/mol. The number of benzene rings is 3. The van der Waals surface area contributed by atoms with Gasteiger partial charge in [-0.15, -0.1) is 0 Å². The van der Waals surface area contributed by atoms with Crippen molar-refractivity contribution in [2.45, 2.75) is 18.9 Å². The maximum absolute atomic E-state index is 12.6. The molecule has 3 aromatic carbocycles. The van der Waals surface area contributed by atoms with E-state index in [1.54, 1.807) is 12.1 Å². The van der Waals surface area contributed by atoms with Crippen molar-refractivity contribution >= 4 is 29.1 Å². The van der Waals surface area contributed by atoms with Gasteiger partial charge >= 0.3 is 0 Å². The highest BCUT2D eigenvalue weighted by Crippen LogP contribution is 2.24. The van der Waals surface area contributed by atoms with Gasteiger partial charge in [-0.25, -0.2) is 0 Å². The molecule has 0 spiro atoms. The third-order valence-corrected chi connectivity index (χ3v) is 6.07. The van der Waals surface area contributed by atoms with Gasteiger partial charge in [0.1, 0.15) is 0 Å². The number of para-hydroxylation sites is 1. The van der Waals surface area contributed by atoms with Gasteiger partial charge in [0.25, 0.3) is 5.91 Å². The van der Waals surface area contributed by atoms with E-state index in [4.69, 9.17) is 11.6 Å². The molecule has 164 valence electrons. The Labute approximate surface area is 193 Å². The molecule has 0 aromatic heterocycles. The zero-order valence-electron chi connectivity index (χ0n) is 17.8. The second-order valence-electron chi connectivity index (χ2n) is 7.91. The minimum atomic E-state index is -0.242. The van der Waals surface area contributed by atoms with Crippen molar-refractivity contribution in [2.75, 3.05) is 25.0 Å². The first-order valence-electron chi connectivity index (χ1n) is 10.8. The topological polar surface area (TPSA) is 61.4 Å².